The van der Waals surface area contributed by atoms with Crippen molar-refractivity contribution in [3.63, 3.8) is 0 Å². The van der Waals surface area contributed by atoms with Crippen molar-refractivity contribution in [1.29, 1.82) is 0 Å². The Labute approximate surface area is 240 Å². The Morgan fingerprint density at radius 3 is 2.55 bits per heavy atom. The van der Waals surface area contributed by atoms with Crippen LogP contribution in [0.2, 0.25) is 0 Å². The van der Waals surface area contributed by atoms with Crippen molar-refractivity contribution in [3.8, 4) is 12.3 Å². The number of aliphatic hydroxyl groups excluding tert-OH is 6. The molecule has 2 aromatic heterocycles. The topological polar surface area (TPSA) is 314 Å². The second-order valence-corrected chi connectivity index (χ2v) is 13.5. The first-order valence-electron chi connectivity index (χ1n) is 11.7. The van der Waals surface area contributed by atoms with E-state index in [1.165, 1.54) is 6.20 Å². The van der Waals surface area contributed by atoms with Gasteiger partial charge in [-0.15, -0.1) is 6.42 Å². The Kier molecular flexibility index (Phi) is 9.72. The van der Waals surface area contributed by atoms with Gasteiger partial charge in [-0.05, 0) is 11.8 Å². The van der Waals surface area contributed by atoms with Crippen molar-refractivity contribution in [2.45, 2.75) is 60.7 Å². The molecular formula is C19H27N5O15P2S. The van der Waals surface area contributed by atoms with Crippen molar-refractivity contribution in [3.05, 3.63) is 18.1 Å². The highest BCUT2D eigenvalue weighted by Gasteiger charge is 2.57. The molecule has 12 atom stereocenters. The zero-order chi connectivity index (χ0) is 31.2. The minimum Gasteiger partial charge on any atom is -0.394 e. The molecule has 2 aromatic rings. The Morgan fingerprint density at radius 2 is 1.90 bits per heavy atom. The number of phosphoric ester groups is 1. The Balaban J connectivity index is 1.44. The lowest BCUT2D eigenvalue weighted by atomic mass is 9.88. The third-order valence-electron chi connectivity index (χ3n) is 6.40. The van der Waals surface area contributed by atoms with E-state index in [1.54, 1.807) is 0 Å². The van der Waals surface area contributed by atoms with E-state index in [4.69, 9.17) is 43.1 Å². The van der Waals surface area contributed by atoms with Gasteiger partial charge in [0.2, 0.25) is 5.95 Å². The van der Waals surface area contributed by atoms with Gasteiger partial charge in [-0.3, -0.25) is 4.52 Å². The first-order valence-corrected chi connectivity index (χ1v) is 15.8. The number of nitrogens with two attached hydrogens (primary N) is 1. The van der Waals surface area contributed by atoms with Crippen LogP contribution in [-0.2, 0) is 39.2 Å². The Bertz CT molecular complexity index is 1430. The maximum atomic E-state index is 12.6. The van der Waals surface area contributed by atoms with E-state index in [9.17, 15) is 45.0 Å². The monoisotopic (exact) mass is 659 g/mol. The molecule has 234 valence electrons. The second-order valence-electron chi connectivity index (χ2n) is 9.15. The van der Waals surface area contributed by atoms with E-state index >= 15 is 0 Å². The van der Waals surface area contributed by atoms with E-state index in [-0.39, 0.29) is 17.2 Å². The van der Waals surface area contributed by atoms with Crippen LogP contribution in [0.5, 0.6) is 0 Å². The molecule has 4 rings (SSSR count). The van der Waals surface area contributed by atoms with Crippen LogP contribution in [-0.4, -0.2) is 133 Å². The van der Waals surface area contributed by atoms with E-state index in [2.05, 4.69) is 23.9 Å². The maximum Gasteiger partial charge on any atom is 0.481 e. The van der Waals surface area contributed by atoms with Crippen LogP contribution < -0.4 is 5.73 Å². The molecule has 4 heterocycles. The highest BCUT2D eigenvalue weighted by molar-refractivity contribution is 8.08. The van der Waals surface area contributed by atoms with Crippen molar-refractivity contribution in [2.75, 3.05) is 18.9 Å². The van der Waals surface area contributed by atoms with Crippen LogP contribution in [0, 0.1) is 12.3 Å². The van der Waals surface area contributed by atoms with Gasteiger partial charge in [-0.1, -0.05) is 5.92 Å². The summed E-state index contributed by atoms with van der Waals surface area (Å²) in [6, 6.07) is 0. The smallest absolute Gasteiger partial charge is 0.394 e. The highest BCUT2D eigenvalue weighted by Crippen LogP contribution is 2.62. The molecule has 0 amide bonds. The summed E-state index contributed by atoms with van der Waals surface area (Å²) in [6.45, 7) is -6.56. The number of anilines is 1. The second kappa shape index (κ2) is 12.3. The number of fused-ring (bicyclic) bond motifs is 1. The summed E-state index contributed by atoms with van der Waals surface area (Å²) in [4.78, 5) is 28.3. The van der Waals surface area contributed by atoms with Gasteiger partial charge in [0, 0.05) is 5.56 Å². The molecule has 2 fully saturated rings. The van der Waals surface area contributed by atoms with Crippen LogP contribution in [0.3, 0.4) is 0 Å². The number of nitrogens with zero attached hydrogens (tertiary/aromatic N) is 4. The van der Waals surface area contributed by atoms with Gasteiger partial charge in [-0.2, -0.15) is 9.61 Å². The summed E-state index contributed by atoms with van der Waals surface area (Å²) in [5.41, 5.74) is 3.54. The number of hydrogen-bond acceptors (Lipinski definition) is 18. The van der Waals surface area contributed by atoms with Gasteiger partial charge < -0.3 is 65.3 Å². The maximum absolute atomic E-state index is 12.6. The Hall–Kier alpha value is -1.77. The number of aromatic nitrogens is 4. The summed E-state index contributed by atoms with van der Waals surface area (Å²) in [5.74, 6) is 1.98. The standard InChI is InChI=1S/C19H27N5O15P2S/c1-2-19(31)14(30)9(36-15(19)7-3-23-24-16(7)21-6-22-18(24)20)5-35-41(34,42)39-40(32,33)38-17-12(29)10(27)11(28)13(37-17)8(26)4-25/h1,3,6,8-15,17,25-31H,4-5H2,(H,32,33)(H,34,42)(H2,20,21,22)/t8-,9+,10?,11?,12?,13?,14+,15-,17?,19+,41?/m0/s1. The zero-order valence-corrected chi connectivity index (χ0v) is 23.6. The molecule has 0 radical (unpaired) electrons. The largest absolute Gasteiger partial charge is 0.481 e. The molecule has 23 heteroatoms. The van der Waals surface area contributed by atoms with Gasteiger partial charge in [0.25, 0.3) is 0 Å². The number of aliphatic hydroxyl groups is 7. The predicted molar refractivity (Wildman–Crippen MR) is 137 cm³/mol. The fourth-order valence-corrected chi connectivity index (χ4v) is 7.38. The quantitative estimate of drug-likeness (QED) is 0.0847. The summed E-state index contributed by atoms with van der Waals surface area (Å²) < 4.78 is 38.5. The molecule has 42 heavy (non-hydrogen) atoms. The summed E-state index contributed by atoms with van der Waals surface area (Å²) in [5, 5.41) is 74.6. The minimum atomic E-state index is -5.50. The molecule has 2 aliphatic heterocycles. The first kappa shape index (κ1) is 33.1. The van der Waals surface area contributed by atoms with E-state index in [0.717, 1.165) is 10.8 Å². The lowest BCUT2D eigenvalue weighted by Gasteiger charge is -2.41. The van der Waals surface area contributed by atoms with Gasteiger partial charge in [-0.25, -0.2) is 18.8 Å². The molecule has 0 spiro atoms. The molecule has 7 unspecified atom stereocenters. The third-order valence-corrected chi connectivity index (χ3v) is 9.92. The van der Waals surface area contributed by atoms with Gasteiger partial charge >= 0.3 is 14.5 Å². The molecule has 0 saturated carbocycles. The fourth-order valence-electron chi connectivity index (χ4n) is 4.28. The van der Waals surface area contributed by atoms with Crippen molar-refractivity contribution < 1.29 is 72.9 Å². The van der Waals surface area contributed by atoms with Crippen molar-refractivity contribution in [1.82, 2.24) is 19.6 Å². The van der Waals surface area contributed by atoms with Crippen LogP contribution in [0.1, 0.15) is 11.7 Å². The van der Waals surface area contributed by atoms with Crippen LogP contribution >= 0.6 is 14.5 Å². The average Bonchev–Trinajstić information content (AvgIpc) is 3.46. The SMILES string of the molecule is C#C[C@@]1(O)[C@H](O)[C@@H](COP(O)(=S)OP(=O)(O)OC2OC([C@@H](O)CO)C(O)C(O)C2O)O[C@H]1c1cnn2c(N)ncnc12. The number of rotatable bonds is 10. The van der Waals surface area contributed by atoms with Crippen LogP contribution in [0.4, 0.5) is 5.95 Å². The fraction of sp³-hybridized carbons (Fsp3) is 0.632. The Morgan fingerprint density at radius 1 is 1.21 bits per heavy atom. The average molecular weight is 659 g/mol. The predicted octanol–water partition coefficient (Wildman–Crippen LogP) is -4.60. The number of terminal acetylenes is 1. The summed E-state index contributed by atoms with van der Waals surface area (Å²) in [6.07, 6.45) is -9.00. The molecule has 2 saturated heterocycles. The number of hydrogen-bond donors (Lipinski definition) is 10. The highest BCUT2D eigenvalue weighted by atomic mass is 32.5. The molecule has 0 bridgehead atoms. The number of phosphoric acid groups is 1. The summed E-state index contributed by atoms with van der Waals surface area (Å²) in [7, 11) is -5.50. The molecule has 11 N–H and O–H groups in total. The molecule has 2 aliphatic rings. The lowest BCUT2D eigenvalue weighted by molar-refractivity contribution is -0.292. The third kappa shape index (κ3) is 6.37. The van der Waals surface area contributed by atoms with Crippen molar-refractivity contribution in [2.24, 2.45) is 0 Å². The van der Waals surface area contributed by atoms with Crippen LogP contribution in [0.25, 0.3) is 5.65 Å². The van der Waals surface area contributed by atoms with Crippen LogP contribution in [0.15, 0.2) is 12.5 Å². The van der Waals surface area contributed by atoms with E-state index in [1.807, 2.05) is 5.92 Å². The number of nitrogen functional groups attached to an aromatic ring is 1. The normalized spacial score (nSPS) is 37.1. The molecule has 0 aromatic carbocycles. The minimum absolute atomic E-state index is 0.0559. The molecular weight excluding hydrogens is 632 g/mol. The molecule has 0 aliphatic carbocycles. The first-order chi connectivity index (χ1) is 19.5. The van der Waals surface area contributed by atoms with Gasteiger partial charge in [0.05, 0.1) is 19.4 Å². The zero-order valence-electron chi connectivity index (χ0n) is 21.0. The van der Waals surface area contributed by atoms with Crippen molar-refractivity contribution >= 4 is 37.9 Å². The summed E-state index contributed by atoms with van der Waals surface area (Å²) >= 11 is 4.72. The lowest BCUT2D eigenvalue weighted by Crippen LogP contribution is -2.61. The van der Waals surface area contributed by atoms with E-state index < -0.39 is 88.5 Å². The number of ether oxygens (including phenoxy) is 2. The van der Waals surface area contributed by atoms with Gasteiger partial charge in [0.15, 0.2) is 17.5 Å². The van der Waals surface area contributed by atoms with E-state index in [0.29, 0.717) is 0 Å². The van der Waals surface area contributed by atoms with Gasteiger partial charge in [0.1, 0.15) is 55.2 Å². The molecule has 20 nitrogen and oxygen atoms in total.